The highest BCUT2D eigenvalue weighted by Crippen LogP contribution is 2.29. The Morgan fingerprint density at radius 1 is 1.08 bits per heavy atom. The first-order chi connectivity index (χ1) is 11.9. The first kappa shape index (κ1) is 19.8. The molecule has 0 amide bonds. The van der Waals surface area contributed by atoms with Crippen LogP contribution in [0.15, 0.2) is 51.8 Å². The molecule has 0 aromatic heterocycles. The van der Waals surface area contributed by atoms with Crippen molar-refractivity contribution in [2.45, 2.75) is 25.3 Å². The van der Waals surface area contributed by atoms with Gasteiger partial charge in [0.15, 0.2) is 11.5 Å². The smallest absolute Gasteiger partial charge is 0.243 e. The molecular weight excluding hydrogens is 406 g/mol. The van der Waals surface area contributed by atoms with E-state index in [1.807, 2.05) is 26.0 Å². The third-order valence-corrected chi connectivity index (χ3v) is 6.08. The summed E-state index contributed by atoms with van der Waals surface area (Å²) in [6.45, 7) is 4.88. The Morgan fingerprint density at radius 2 is 1.84 bits per heavy atom. The van der Waals surface area contributed by atoms with Crippen molar-refractivity contribution < 1.29 is 17.9 Å². The van der Waals surface area contributed by atoms with E-state index in [2.05, 4.69) is 15.9 Å². The minimum Gasteiger partial charge on any atom is -0.493 e. The molecule has 25 heavy (non-hydrogen) atoms. The molecule has 7 heteroatoms. The maximum Gasteiger partial charge on any atom is 0.243 e. The van der Waals surface area contributed by atoms with Crippen LogP contribution in [-0.4, -0.2) is 33.0 Å². The molecule has 136 valence electrons. The monoisotopic (exact) mass is 427 g/mol. The van der Waals surface area contributed by atoms with E-state index in [1.165, 1.54) is 4.31 Å². The van der Waals surface area contributed by atoms with Gasteiger partial charge in [0, 0.05) is 17.6 Å². The second kappa shape index (κ2) is 8.69. The third-order valence-electron chi connectivity index (χ3n) is 3.67. The van der Waals surface area contributed by atoms with Gasteiger partial charge >= 0.3 is 0 Å². The lowest BCUT2D eigenvalue weighted by atomic mass is 10.2. The molecule has 0 atom stereocenters. The number of sulfonamides is 1. The summed E-state index contributed by atoms with van der Waals surface area (Å²) in [6, 6.07) is 12.2. The van der Waals surface area contributed by atoms with Crippen LogP contribution < -0.4 is 9.47 Å². The van der Waals surface area contributed by atoms with Crippen LogP contribution in [0.2, 0.25) is 0 Å². The number of rotatable bonds is 8. The molecule has 0 unspecified atom stereocenters. The van der Waals surface area contributed by atoms with Crippen LogP contribution >= 0.6 is 15.9 Å². The third kappa shape index (κ3) is 4.74. The molecule has 0 aliphatic rings. The standard InChI is InChI=1S/C18H22BrNO4S/c1-4-20(25(21,22)16-8-6-7-15(19)12-16)13-14-9-10-17(24-5-2)18(11-14)23-3/h6-12H,4-5,13H2,1-3H3. The van der Waals surface area contributed by atoms with Crippen LogP contribution in [-0.2, 0) is 16.6 Å². The highest BCUT2D eigenvalue weighted by atomic mass is 79.9. The summed E-state index contributed by atoms with van der Waals surface area (Å²) in [5.74, 6) is 1.24. The number of hydrogen-bond acceptors (Lipinski definition) is 4. The molecule has 0 bridgehead atoms. The molecule has 0 aliphatic heterocycles. The van der Waals surface area contributed by atoms with E-state index in [1.54, 1.807) is 37.4 Å². The van der Waals surface area contributed by atoms with Gasteiger partial charge in [-0.3, -0.25) is 0 Å². The van der Waals surface area contributed by atoms with Gasteiger partial charge < -0.3 is 9.47 Å². The van der Waals surface area contributed by atoms with E-state index in [0.29, 0.717) is 24.7 Å². The van der Waals surface area contributed by atoms with Crippen LogP contribution in [0.5, 0.6) is 11.5 Å². The van der Waals surface area contributed by atoms with Gasteiger partial charge in [-0.15, -0.1) is 0 Å². The summed E-state index contributed by atoms with van der Waals surface area (Å²) >= 11 is 3.32. The first-order valence-electron chi connectivity index (χ1n) is 7.97. The lowest BCUT2D eigenvalue weighted by Crippen LogP contribution is -2.30. The lowest BCUT2D eigenvalue weighted by molar-refractivity contribution is 0.310. The van der Waals surface area contributed by atoms with Crippen molar-refractivity contribution in [1.82, 2.24) is 4.31 Å². The molecular formula is C18H22BrNO4S. The van der Waals surface area contributed by atoms with Crippen LogP contribution in [0.3, 0.4) is 0 Å². The Kier molecular flexibility index (Phi) is 6.87. The molecule has 0 saturated carbocycles. The first-order valence-corrected chi connectivity index (χ1v) is 10.2. The summed E-state index contributed by atoms with van der Waals surface area (Å²) in [5, 5.41) is 0. The number of hydrogen-bond donors (Lipinski definition) is 0. The van der Waals surface area contributed by atoms with Crippen molar-refractivity contribution in [2.24, 2.45) is 0 Å². The predicted molar refractivity (Wildman–Crippen MR) is 102 cm³/mol. The van der Waals surface area contributed by atoms with Gasteiger partial charge in [0.05, 0.1) is 18.6 Å². The fraction of sp³-hybridized carbons (Fsp3) is 0.333. The van der Waals surface area contributed by atoms with Crippen LogP contribution in [0.4, 0.5) is 0 Å². The van der Waals surface area contributed by atoms with Crippen molar-refractivity contribution >= 4 is 26.0 Å². The Balaban J connectivity index is 2.30. The number of methoxy groups -OCH3 is 1. The molecule has 0 saturated heterocycles. The highest BCUT2D eigenvalue weighted by molar-refractivity contribution is 9.10. The average Bonchev–Trinajstić information content (AvgIpc) is 2.60. The Hall–Kier alpha value is -1.57. The SMILES string of the molecule is CCOc1ccc(CN(CC)S(=O)(=O)c2cccc(Br)c2)cc1OC. The highest BCUT2D eigenvalue weighted by Gasteiger charge is 2.23. The molecule has 2 aromatic rings. The van der Waals surface area contributed by atoms with E-state index < -0.39 is 10.0 Å². The normalized spacial score (nSPS) is 11.6. The van der Waals surface area contributed by atoms with E-state index >= 15 is 0 Å². The van der Waals surface area contributed by atoms with Crippen LogP contribution in [0.1, 0.15) is 19.4 Å². The van der Waals surface area contributed by atoms with Gasteiger partial charge in [-0.25, -0.2) is 8.42 Å². The molecule has 5 nitrogen and oxygen atoms in total. The summed E-state index contributed by atoms with van der Waals surface area (Å²) in [5.41, 5.74) is 0.834. The van der Waals surface area contributed by atoms with Crippen molar-refractivity contribution in [2.75, 3.05) is 20.3 Å². The summed E-state index contributed by atoms with van der Waals surface area (Å²) in [6.07, 6.45) is 0. The largest absolute Gasteiger partial charge is 0.493 e. The van der Waals surface area contributed by atoms with E-state index in [-0.39, 0.29) is 11.4 Å². The summed E-state index contributed by atoms with van der Waals surface area (Å²) in [4.78, 5) is 0.265. The van der Waals surface area contributed by atoms with Gasteiger partial charge in [0.2, 0.25) is 10.0 Å². The molecule has 2 aromatic carbocycles. The molecule has 0 heterocycles. The zero-order valence-electron chi connectivity index (χ0n) is 14.5. The lowest BCUT2D eigenvalue weighted by Gasteiger charge is -2.21. The topological polar surface area (TPSA) is 55.8 Å². The summed E-state index contributed by atoms with van der Waals surface area (Å²) < 4.78 is 38.8. The second-order valence-corrected chi connectivity index (χ2v) is 8.16. The van der Waals surface area contributed by atoms with Gasteiger partial charge in [0.25, 0.3) is 0 Å². The van der Waals surface area contributed by atoms with E-state index in [9.17, 15) is 8.42 Å². The molecule has 0 spiro atoms. The maximum atomic E-state index is 12.9. The van der Waals surface area contributed by atoms with Gasteiger partial charge in [0.1, 0.15) is 0 Å². The minimum atomic E-state index is -3.58. The predicted octanol–water partition coefficient (Wildman–Crippen LogP) is 4.07. The molecule has 0 aliphatic carbocycles. The second-order valence-electron chi connectivity index (χ2n) is 5.31. The summed E-state index contributed by atoms with van der Waals surface area (Å²) in [7, 11) is -2.01. The fourth-order valence-corrected chi connectivity index (χ4v) is 4.47. The quantitative estimate of drug-likeness (QED) is 0.636. The van der Waals surface area contributed by atoms with Crippen molar-refractivity contribution in [3.63, 3.8) is 0 Å². The zero-order valence-corrected chi connectivity index (χ0v) is 16.9. The molecule has 2 rings (SSSR count). The number of benzene rings is 2. The number of halogens is 1. The molecule has 0 N–H and O–H groups in total. The van der Waals surface area contributed by atoms with Gasteiger partial charge in [-0.2, -0.15) is 4.31 Å². The number of ether oxygens (including phenoxy) is 2. The molecule has 0 radical (unpaired) electrons. The maximum absolute atomic E-state index is 12.9. The van der Waals surface area contributed by atoms with Crippen LogP contribution in [0.25, 0.3) is 0 Å². The Bertz CT molecular complexity index is 824. The Labute approximate surface area is 157 Å². The van der Waals surface area contributed by atoms with Gasteiger partial charge in [-0.05, 0) is 42.8 Å². The average molecular weight is 428 g/mol. The fourth-order valence-electron chi connectivity index (χ4n) is 2.43. The Morgan fingerprint density at radius 3 is 2.44 bits per heavy atom. The van der Waals surface area contributed by atoms with Crippen molar-refractivity contribution in [1.29, 1.82) is 0 Å². The van der Waals surface area contributed by atoms with Gasteiger partial charge in [-0.1, -0.05) is 35.0 Å². The molecule has 0 fully saturated rings. The number of nitrogens with zero attached hydrogens (tertiary/aromatic N) is 1. The van der Waals surface area contributed by atoms with Crippen molar-refractivity contribution in [3.8, 4) is 11.5 Å². The minimum absolute atomic E-state index is 0.258. The van der Waals surface area contributed by atoms with Crippen molar-refractivity contribution in [3.05, 3.63) is 52.5 Å². The van der Waals surface area contributed by atoms with E-state index in [4.69, 9.17) is 9.47 Å². The van der Waals surface area contributed by atoms with Crippen LogP contribution in [0, 0.1) is 0 Å². The zero-order chi connectivity index (χ0) is 18.4. The van der Waals surface area contributed by atoms with E-state index in [0.717, 1.165) is 10.0 Å².